The number of halogens is 3. The van der Waals surface area contributed by atoms with Crippen LogP contribution in [-0.4, -0.2) is 12.5 Å². The first-order valence-electron chi connectivity index (χ1n) is 3.69. The molecule has 0 aliphatic carbocycles. The minimum absolute atomic E-state index is 0.0126. The molecule has 0 saturated carbocycles. The zero-order valence-electron chi connectivity index (χ0n) is 6.73. The van der Waals surface area contributed by atoms with E-state index in [9.17, 15) is 4.79 Å². The third-order valence-electron chi connectivity index (χ3n) is 1.75. The Morgan fingerprint density at radius 1 is 1.50 bits per heavy atom. The zero-order chi connectivity index (χ0) is 10.3. The molecule has 1 aromatic rings. The van der Waals surface area contributed by atoms with Crippen molar-refractivity contribution in [2.75, 3.05) is 11.9 Å². The Kier molecular flexibility index (Phi) is 2.60. The number of rotatable bonds is 0. The highest BCUT2D eigenvalue weighted by atomic mass is 79.9. The average molecular weight is 297 g/mol. The monoisotopic (exact) mass is 295 g/mol. The lowest BCUT2D eigenvalue weighted by Crippen LogP contribution is -2.25. The summed E-state index contributed by atoms with van der Waals surface area (Å²) in [6, 6.07) is 1.60. The van der Waals surface area contributed by atoms with Gasteiger partial charge in [-0.25, -0.2) is 0 Å². The predicted octanol–water partition coefficient (Wildman–Crippen LogP) is 3.09. The third-order valence-corrected chi connectivity index (χ3v) is 3.71. The Hall–Kier alpha value is -0.450. The van der Waals surface area contributed by atoms with Crippen LogP contribution in [0.5, 0.6) is 5.75 Å². The van der Waals surface area contributed by atoms with E-state index in [1.165, 1.54) is 0 Å². The Balaban J connectivity index is 2.60. The van der Waals surface area contributed by atoms with Crippen molar-refractivity contribution < 1.29 is 9.53 Å². The summed E-state index contributed by atoms with van der Waals surface area (Å²) in [5.41, 5.74) is 0.458. The van der Waals surface area contributed by atoms with Crippen LogP contribution < -0.4 is 10.1 Å². The van der Waals surface area contributed by atoms with E-state index < -0.39 is 0 Å². The molecule has 2 rings (SSSR count). The summed E-state index contributed by atoms with van der Waals surface area (Å²) in [6.45, 7) is -0.0126. The summed E-state index contributed by atoms with van der Waals surface area (Å²) in [7, 11) is 0. The van der Waals surface area contributed by atoms with E-state index in [1.807, 2.05) is 0 Å². The normalized spacial score (nSPS) is 14.4. The largest absolute Gasteiger partial charge is 0.481 e. The first kappa shape index (κ1) is 10.1. The zero-order valence-corrected chi connectivity index (χ0v) is 9.83. The van der Waals surface area contributed by atoms with Crippen molar-refractivity contribution in [2.24, 2.45) is 0 Å². The van der Waals surface area contributed by atoms with Crippen LogP contribution >= 0.6 is 39.1 Å². The molecule has 6 heteroatoms. The average Bonchev–Trinajstić information content (AvgIpc) is 2.16. The van der Waals surface area contributed by atoms with Crippen LogP contribution in [0.1, 0.15) is 0 Å². The van der Waals surface area contributed by atoms with E-state index in [4.69, 9.17) is 27.9 Å². The van der Waals surface area contributed by atoms with Gasteiger partial charge in [0.15, 0.2) is 6.61 Å². The molecule has 0 unspecified atom stereocenters. The van der Waals surface area contributed by atoms with E-state index in [0.717, 1.165) is 0 Å². The Morgan fingerprint density at radius 2 is 2.21 bits per heavy atom. The topological polar surface area (TPSA) is 38.3 Å². The number of carbonyl (C=O) groups is 1. The van der Waals surface area contributed by atoms with E-state index in [0.29, 0.717) is 26.0 Å². The summed E-state index contributed by atoms with van der Waals surface area (Å²) in [6.07, 6.45) is 0. The molecule has 0 fully saturated rings. The quantitative estimate of drug-likeness (QED) is 0.747. The fourth-order valence-corrected chi connectivity index (χ4v) is 1.92. The molecular formula is C8H4BrCl2NO2. The van der Waals surface area contributed by atoms with E-state index in [2.05, 4.69) is 21.2 Å². The number of carbonyl (C=O) groups excluding carboxylic acids is 1. The summed E-state index contributed by atoms with van der Waals surface area (Å²) in [5, 5.41) is 3.41. The SMILES string of the molecule is O=C1COc2cc(Cl)c(Br)c(Cl)c2N1. The van der Waals surface area contributed by atoms with Gasteiger partial charge in [0.25, 0.3) is 5.91 Å². The first-order valence-corrected chi connectivity index (χ1v) is 5.24. The van der Waals surface area contributed by atoms with Crippen molar-refractivity contribution in [3.05, 3.63) is 20.6 Å². The molecule has 0 spiro atoms. The van der Waals surface area contributed by atoms with Gasteiger partial charge in [0.2, 0.25) is 0 Å². The van der Waals surface area contributed by atoms with Crippen molar-refractivity contribution in [2.45, 2.75) is 0 Å². The molecule has 14 heavy (non-hydrogen) atoms. The highest BCUT2D eigenvalue weighted by molar-refractivity contribution is 9.10. The Labute approximate surface area is 98.5 Å². The second-order valence-corrected chi connectivity index (χ2v) is 4.27. The minimum Gasteiger partial charge on any atom is -0.481 e. The highest BCUT2D eigenvalue weighted by Gasteiger charge is 2.22. The molecular weight excluding hydrogens is 293 g/mol. The molecule has 1 aliphatic rings. The van der Waals surface area contributed by atoms with Gasteiger partial charge in [-0.2, -0.15) is 0 Å². The van der Waals surface area contributed by atoms with Crippen LogP contribution in [0, 0.1) is 0 Å². The van der Waals surface area contributed by atoms with Gasteiger partial charge in [0.1, 0.15) is 11.4 Å². The number of nitrogens with one attached hydrogen (secondary N) is 1. The van der Waals surface area contributed by atoms with Gasteiger partial charge in [0.05, 0.1) is 14.5 Å². The molecule has 0 bridgehead atoms. The summed E-state index contributed by atoms with van der Waals surface area (Å²) in [5.74, 6) is 0.261. The van der Waals surface area contributed by atoms with E-state index in [-0.39, 0.29) is 12.5 Å². The van der Waals surface area contributed by atoms with Crippen molar-refractivity contribution in [1.29, 1.82) is 0 Å². The summed E-state index contributed by atoms with van der Waals surface area (Å²) >= 11 is 15.0. The maximum atomic E-state index is 11.0. The second kappa shape index (κ2) is 3.61. The molecule has 1 aromatic carbocycles. The van der Waals surface area contributed by atoms with Crippen molar-refractivity contribution >= 4 is 50.7 Å². The summed E-state index contributed by atoms with van der Waals surface area (Å²) in [4.78, 5) is 11.0. The van der Waals surface area contributed by atoms with Gasteiger partial charge >= 0.3 is 0 Å². The second-order valence-electron chi connectivity index (χ2n) is 2.70. The number of hydrogen-bond donors (Lipinski definition) is 1. The highest BCUT2D eigenvalue weighted by Crippen LogP contribution is 2.43. The fraction of sp³-hybridized carbons (Fsp3) is 0.125. The molecule has 1 N–H and O–H groups in total. The Morgan fingerprint density at radius 3 is 2.93 bits per heavy atom. The number of hydrogen-bond acceptors (Lipinski definition) is 2. The molecule has 0 radical (unpaired) electrons. The van der Waals surface area contributed by atoms with Crippen molar-refractivity contribution in [3.8, 4) is 5.75 Å². The maximum Gasteiger partial charge on any atom is 0.262 e. The van der Waals surface area contributed by atoms with Crippen LogP contribution in [0.4, 0.5) is 5.69 Å². The standard InChI is InChI=1S/C8H4BrCl2NO2/c9-6-3(10)1-4-8(7(6)11)12-5(13)2-14-4/h1H,2H2,(H,12,13). The van der Waals surface area contributed by atoms with Gasteiger partial charge in [-0.1, -0.05) is 23.2 Å². The molecule has 0 aromatic heterocycles. The van der Waals surface area contributed by atoms with Crippen LogP contribution in [0.15, 0.2) is 10.5 Å². The molecule has 0 saturated heterocycles. The van der Waals surface area contributed by atoms with Gasteiger partial charge in [-0.15, -0.1) is 0 Å². The van der Waals surface area contributed by atoms with Crippen LogP contribution in [0.2, 0.25) is 10.0 Å². The number of amides is 1. The van der Waals surface area contributed by atoms with Crippen molar-refractivity contribution in [3.63, 3.8) is 0 Å². The number of fused-ring (bicyclic) bond motifs is 1. The molecule has 1 aliphatic heterocycles. The molecule has 1 amide bonds. The lowest BCUT2D eigenvalue weighted by Gasteiger charge is -2.19. The number of anilines is 1. The Bertz CT molecular complexity index is 422. The summed E-state index contributed by atoms with van der Waals surface area (Å²) < 4.78 is 5.70. The lowest BCUT2D eigenvalue weighted by atomic mass is 10.2. The third kappa shape index (κ3) is 1.58. The smallest absolute Gasteiger partial charge is 0.262 e. The van der Waals surface area contributed by atoms with Gasteiger partial charge in [-0.05, 0) is 15.9 Å². The predicted molar refractivity (Wildman–Crippen MR) is 58.3 cm³/mol. The first-order chi connectivity index (χ1) is 6.59. The van der Waals surface area contributed by atoms with Gasteiger partial charge < -0.3 is 10.1 Å². The van der Waals surface area contributed by atoms with E-state index >= 15 is 0 Å². The minimum atomic E-state index is -0.228. The van der Waals surface area contributed by atoms with Gasteiger partial charge in [0, 0.05) is 6.07 Å². The van der Waals surface area contributed by atoms with Crippen LogP contribution in [-0.2, 0) is 4.79 Å². The van der Waals surface area contributed by atoms with Crippen molar-refractivity contribution in [1.82, 2.24) is 0 Å². The molecule has 3 nitrogen and oxygen atoms in total. The lowest BCUT2D eigenvalue weighted by molar-refractivity contribution is -0.118. The van der Waals surface area contributed by atoms with Crippen LogP contribution in [0.25, 0.3) is 0 Å². The molecule has 74 valence electrons. The number of ether oxygens (including phenoxy) is 1. The maximum absolute atomic E-state index is 11.0. The van der Waals surface area contributed by atoms with Crippen LogP contribution in [0.3, 0.4) is 0 Å². The van der Waals surface area contributed by atoms with E-state index in [1.54, 1.807) is 6.07 Å². The molecule has 1 heterocycles. The number of benzene rings is 1. The fourth-order valence-electron chi connectivity index (χ4n) is 1.12. The van der Waals surface area contributed by atoms with Gasteiger partial charge in [-0.3, -0.25) is 4.79 Å². The molecule has 0 atom stereocenters.